The third kappa shape index (κ3) is 58.5. The van der Waals surface area contributed by atoms with Gasteiger partial charge in [0.15, 0.2) is 0 Å². The molecular formula is C19H39NaO6S. The van der Waals surface area contributed by atoms with Crippen LogP contribution in [0.25, 0.3) is 0 Å². The van der Waals surface area contributed by atoms with Crippen molar-refractivity contribution in [1.29, 1.82) is 0 Å². The van der Waals surface area contributed by atoms with E-state index in [-0.39, 0.29) is 35.5 Å². The fourth-order valence-electron chi connectivity index (χ4n) is 1.86. The van der Waals surface area contributed by atoms with Crippen LogP contribution in [-0.4, -0.2) is 30.1 Å². The monoisotopic (exact) mass is 418 g/mol. The van der Waals surface area contributed by atoms with Gasteiger partial charge in [0.2, 0.25) is 0 Å². The normalized spacial score (nSPS) is 9.67. The number of hydrogen-bond donors (Lipinski definition) is 2. The molecule has 2 N–H and O–H groups in total. The fraction of sp³-hybridized carbons (Fsp3) is 0.789. The van der Waals surface area contributed by atoms with Gasteiger partial charge in [-0.05, 0) is 6.42 Å². The minimum atomic E-state index is -4.67. The summed E-state index contributed by atoms with van der Waals surface area (Å²) >= 11 is 0. The van der Waals surface area contributed by atoms with Crippen molar-refractivity contribution in [2.75, 3.05) is 6.61 Å². The number of rotatable bonds is 13. The Morgan fingerprint density at radius 2 is 1.30 bits per heavy atom. The van der Waals surface area contributed by atoms with Crippen molar-refractivity contribution in [3.05, 3.63) is 19.6 Å². The topological polar surface area (TPSA) is 101 Å². The number of unbranched alkanes of at least 4 members (excludes halogenated alkanes) is 10. The van der Waals surface area contributed by atoms with Gasteiger partial charge in [0.1, 0.15) is 0 Å². The van der Waals surface area contributed by atoms with Crippen LogP contribution >= 0.6 is 0 Å². The van der Waals surface area contributed by atoms with E-state index in [4.69, 9.17) is 17.5 Å². The van der Waals surface area contributed by atoms with Gasteiger partial charge in [0, 0.05) is 6.08 Å². The number of hydrogen-bond acceptors (Lipinski definition) is 4. The maximum absolute atomic E-state index is 10.3. The van der Waals surface area contributed by atoms with Crippen molar-refractivity contribution in [3.8, 4) is 0 Å². The van der Waals surface area contributed by atoms with E-state index in [9.17, 15) is 4.79 Å². The Labute approximate surface area is 189 Å². The van der Waals surface area contributed by atoms with Crippen molar-refractivity contribution in [3.63, 3.8) is 0 Å². The SMILES string of the molecule is C=CC(=O)OCCCC.O=S(=O)(O)O.[CH2-]CCCCCCCCCCC.[Na+]. The van der Waals surface area contributed by atoms with Crippen LogP contribution in [0.2, 0.25) is 0 Å². The van der Waals surface area contributed by atoms with Gasteiger partial charge in [-0.15, -0.1) is 0 Å². The molecule has 8 heteroatoms. The van der Waals surface area contributed by atoms with Crippen LogP contribution in [0.1, 0.15) is 90.9 Å². The molecule has 0 saturated carbocycles. The molecule has 0 aliphatic carbocycles. The Balaban J connectivity index is -0.000000156. The van der Waals surface area contributed by atoms with Gasteiger partial charge < -0.3 is 11.7 Å². The van der Waals surface area contributed by atoms with Gasteiger partial charge in [-0.3, -0.25) is 9.11 Å². The molecule has 0 aromatic carbocycles. The summed E-state index contributed by atoms with van der Waals surface area (Å²) in [6.07, 6.45) is 17.0. The second-order valence-corrected chi connectivity index (χ2v) is 6.75. The van der Waals surface area contributed by atoms with Crippen LogP contribution in [0.15, 0.2) is 12.7 Å². The Morgan fingerprint density at radius 3 is 1.63 bits per heavy atom. The maximum Gasteiger partial charge on any atom is 1.00 e. The Hall–Kier alpha value is 0.0800. The van der Waals surface area contributed by atoms with Crippen molar-refractivity contribution in [2.45, 2.75) is 90.9 Å². The van der Waals surface area contributed by atoms with Gasteiger partial charge in [-0.2, -0.15) is 14.8 Å². The minimum absolute atomic E-state index is 0. The molecule has 0 aliphatic heterocycles. The molecule has 6 nitrogen and oxygen atoms in total. The molecule has 0 aromatic heterocycles. The van der Waals surface area contributed by atoms with E-state index in [0.29, 0.717) is 6.61 Å². The quantitative estimate of drug-likeness (QED) is 0.119. The second kappa shape index (κ2) is 28.3. The van der Waals surface area contributed by atoms with Gasteiger partial charge in [-0.1, -0.05) is 84.6 Å². The molecule has 0 bridgehead atoms. The van der Waals surface area contributed by atoms with Crippen LogP contribution in [-0.2, 0) is 19.9 Å². The third-order valence-corrected chi connectivity index (χ3v) is 3.26. The van der Waals surface area contributed by atoms with Crippen LogP contribution < -0.4 is 29.6 Å². The maximum atomic E-state index is 10.3. The third-order valence-electron chi connectivity index (χ3n) is 3.26. The molecular weight excluding hydrogens is 379 g/mol. The van der Waals surface area contributed by atoms with Crippen LogP contribution in [0.4, 0.5) is 0 Å². The number of carbonyl (C=O) groups is 1. The van der Waals surface area contributed by atoms with E-state index in [0.717, 1.165) is 19.3 Å². The Bertz CT molecular complexity index is 381. The van der Waals surface area contributed by atoms with Gasteiger partial charge in [-0.25, -0.2) is 4.79 Å². The number of esters is 1. The summed E-state index contributed by atoms with van der Waals surface area (Å²) in [5.41, 5.74) is 0. The zero-order valence-corrected chi connectivity index (χ0v) is 20.4. The van der Waals surface area contributed by atoms with Crippen LogP contribution in [0, 0.1) is 6.92 Å². The first-order valence-electron chi connectivity index (χ1n) is 9.51. The molecule has 0 unspecified atom stereocenters. The molecule has 158 valence electrons. The summed E-state index contributed by atoms with van der Waals surface area (Å²) in [5, 5.41) is 0. The summed E-state index contributed by atoms with van der Waals surface area (Å²) in [6, 6.07) is 0. The molecule has 0 aromatic rings. The summed E-state index contributed by atoms with van der Waals surface area (Å²) in [6.45, 7) is 11.9. The van der Waals surface area contributed by atoms with Gasteiger partial charge in [0.25, 0.3) is 0 Å². The molecule has 0 fully saturated rings. The van der Waals surface area contributed by atoms with E-state index in [1.165, 1.54) is 63.9 Å². The molecule has 0 spiro atoms. The van der Waals surface area contributed by atoms with E-state index in [1.807, 2.05) is 6.92 Å². The zero-order chi connectivity index (χ0) is 20.7. The predicted octanol–water partition coefficient (Wildman–Crippen LogP) is 2.61. The first kappa shape index (κ1) is 34.6. The molecule has 0 saturated heterocycles. The largest absolute Gasteiger partial charge is 1.00 e. The summed E-state index contributed by atoms with van der Waals surface area (Å²) in [4.78, 5) is 10.3. The van der Waals surface area contributed by atoms with Crippen molar-refractivity contribution >= 4 is 16.4 Å². The van der Waals surface area contributed by atoms with Crippen molar-refractivity contribution < 1.29 is 56.6 Å². The van der Waals surface area contributed by atoms with Crippen molar-refractivity contribution in [2.24, 2.45) is 0 Å². The average molecular weight is 419 g/mol. The van der Waals surface area contributed by atoms with Crippen LogP contribution in [0.5, 0.6) is 0 Å². The zero-order valence-electron chi connectivity index (χ0n) is 17.6. The standard InChI is InChI=1S/C12H25.C7H12O2.Na.H2O4S/c1-3-5-7-9-11-12-10-8-6-4-2;1-3-5-6-9-7(8)4-2;;1-5(2,3)4/h1,3-12H2,2H3;4H,2-3,5-6H2,1H3;;(H2,1,2,3,4)/q-1;;+1;. The summed E-state index contributed by atoms with van der Waals surface area (Å²) < 4.78 is 36.3. The Kier molecular flexibility index (Phi) is 36.2. The van der Waals surface area contributed by atoms with E-state index in [1.54, 1.807) is 0 Å². The van der Waals surface area contributed by atoms with Crippen LogP contribution in [0.3, 0.4) is 0 Å². The van der Waals surface area contributed by atoms with Crippen molar-refractivity contribution in [1.82, 2.24) is 0 Å². The first-order chi connectivity index (χ1) is 12.2. The van der Waals surface area contributed by atoms with Gasteiger partial charge in [0.05, 0.1) is 6.61 Å². The molecule has 0 rings (SSSR count). The molecule has 0 aliphatic rings. The summed E-state index contributed by atoms with van der Waals surface area (Å²) in [5.74, 6) is -0.330. The minimum Gasteiger partial charge on any atom is -0.463 e. The van der Waals surface area contributed by atoms with Gasteiger partial charge >= 0.3 is 45.9 Å². The molecule has 0 heterocycles. The molecule has 0 radical (unpaired) electrons. The number of ether oxygens (including phenoxy) is 1. The van der Waals surface area contributed by atoms with E-state index < -0.39 is 10.4 Å². The molecule has 27 heavy (non-hydrogen) atoms. The Morgan fingerprint density at radius 1 is 0.926 bits per heavy atom. The second-order valence-electron chi connectivity index (χ2n) is 5.85. The van der Waals surface area contributed by atoms with E-state index in [2.05, 4.69) is 25.2 Å². The smallest absolute Gasteiger partial charge is 0.463 e. The first-order valence-corrected chi connectivity index (χ1v) is 10.9. The molecule has 0 atom stereocenters. The van der Waals surface area contributed by atoms with E-state index >= 15 is 0 Å². The fourth-order valence-corrected chi connectivity index (χ4v) is 1.86. The summed E-state index contributed by atoms with van der Waals surface area (Å²) in [7, 11) is -4.67. The average Bonchev–Trinajstić information content (AvgIpc) is 2.56. The predicted molar refractivity (Wildman–Crippen MR) is 107 cm³/mol. The molecule has 0 amide bonds. The number of carbonyl (C=O) groups excluding carboxylic acids is 1.